The second-order valence-corrected chi connectivity index (χ2v) is 4.38. The van der Waals surface area contributed by atoms with Crippen molar-refractivity contribution in [2.24, 2.45) is 5.92 Å². The van der Waals surface area contributed by atoms with Crippen LogP contribution in [0.2, 0.25) is 0 Å². The first kappa shape index (κ1) is 11.4. The second kappa shape index (κ2) is 4.42. The first-order chi connectivity index (χ1) is 7.65. The van der Waals surface area contributed by atoms with Gasteiger partial charge in [0.05, 0.1) is 19.3 Å². The fraction of sp³-hybridized carbons (Fsp3) is 0.538. The van der Waals surface area contributed by atoms with Crippen LogP contribution in [0.15, 0.2) is 24.3 Å². The van der Waals surface area contributed by atoms with Crippen LogP contribution in [-0.4, -0.2) is 13.7 Å². The van der Waals surface area contributed by atoms with Gasteiger partial charge in [-0.05, 0) is 24.5 Å². The first-order valence-corrected chi connectivity index (χ1v) is 5.62. The Balaban J connectivity index is 2.34. The van der Waals surface area contributed by atoms with Crippen LogP contribution in [0.4, 0.5) is 4.39 Å². The first-order valence-electron chi connectivity index (χ1n) is 5.62. The van der Waals surface area contributed by atoms with E-state index < -0.39 is 5.85 Å². The molecule has 0 saturated carbocycles. The molecule has 88 valence electrons. The van der Waals surface area contributed by atoms with Gasteiger partial charge in [-0.1, -0.05) is 19.1 Å². The number of alkyl halides is 1. The molecule has 0 aromatic heterocycles. The molecule has 2 atom stereocenters. The molecule has 1 heterocycles. The Kier molecular flexibility index (Phi) is 3.15. The fourth-order valence-corrected chi connectivity index (χ4v) is 2.17. The predicted molar refractivity (Wildman–Crippen MR) is 60.1 cm³/mol. The third kappa shape index (κ3) is 2.05. The van der Waals surface area contributed by atoms with Gasteiger partial charge in [-0.3, -0.25) is 0 Å². The largest absolute Gasteiger partial charge is 0.496 e. The van der Waals surface area contributed by atoms with E-state index in [2.05, 4.69) is 0 Å². The van der Waals surface area contributed by atoms with E-state index in [9.17, 15) is 4.39 Å². The average Bonchev–Trinajstić information content (AvgIpc) is 2.29. The minimum absolute atomic E-state index is 0.337. The van der Waals surface area contributed by atoms with Gasteiger partial charge in [-0.15, -0.1) is 0 Å². The van der Waals surface area contributed by atoms with E-state index in [1.807, 2.05) is 19.1 Å². The molecule has 1 aromatic carbocycles. The molecule has 0 bridgehead atoms. The van der Waals surface area contributed by atoms with E-state index in [1.165, 1.54) is 0 Å². The molecule has 1 aliphatic heterocycles. The smallest absolute Gasteiger partial charge is 0.239 e. The van der Waals surface area contributed by atoms with Crippen molar-refractivity contribution in [2.45, 2.75) is 25.6 Å². The molecule has 1 aromatic rings. The van der Waals surface area contributed by atoms with Crippen molar-refractivity contribution >= 4 is 0 Å². The quantitative estimate of drug-likeness (QED) is 0.767. The monoisotopic (exact) mass is 224 g/mol. The highest BCUT2D eigenvalue weighted by molar-refractivity contribution is 5.37. The molecule has 1 saturated heterocycles. The van der Waals surface area contributed by atoms with Gasteiger partial charge in [0.15, 0.2) is 0 Å². The number of ether oxygens (including phenoxy) is 2. The number of rotatable bonds is 2. The molecular formula is C13H17FO2. The van der Waals surface area contributed by atoms with Crippen LogP contribution in [0.25, 0.3) is 0 Å². The van der Waals surface area contributed by atoms with Gasteiger partial charge in [0.1, 0.15) is 5.75 Å². The van der Waals surface area contributed by atoms with Gasteiger partial charge in [-0.25, -0.2) is 4.39 Å². The van der Waals surface area contributed by atoms with E-state index in [0.29, 0.717) is 30.3 Å². The molecule has 2 nitrogen and oxygen atoms in total. The molecule has 2 unspecified atom stereocenters. The van der Waals surface area contributed by atoms with Crippen molar-refractivity contribution in [3.63, 3.8) is 0 Å². The molecule has 16 heavy (non-hydrogen) atoms. The minimum Gasteiger partial charge on any atom is -0.496 e. The normalized spacial score (nSPS) is 30.1. The van der Waals surface area contributed by atoms with Gasteiger partial charge in [0.25, 0.3) is 0 Å². The summed E-state index contributed by atoms with van der Waals surface area (Å²) < 4.78 is 25.2. The van der Waals surface area contributed by atoms with Gasteiger partial charge >= 0.3 is 0 Å². The van der Waals surface area contributed by atoms with Crippen LogP contribution in [0.1, 0.15) is 25.3 Å². The maximum Gasteiger partial charge on any atom is 0.239 e. The summed E-state index contributed by atoms with van der Waals surface area (Å²) in [6, 6.07) is 7.13. The van der Waals surface area contributed by atoms with Gasteiger partial charge in [0, 0.05) is 6.42 Å². The molecule has 0 amide bonds. The third-order valence-electron chi connectivity index (χ3n) is 3.06. The number of halogens is 1. The number of methoxy groups -OCH3 is 1. The SMILES string of the molecule is COc1ccccc1C1(F)CC(C)CCO1. The zero-order valence-corrected chi connectivity index (χ0v) is 9.70. The Morgan fingerprint density at radius 2 is 2.19 bits per heavy atom. The van der Waals surface area contributed by atoms with Crippen molar-refractivity contribution in [1.82, 2.24) is 0 Å². The standard InChI is InChI=1S/C13H17FO2/c1-10-7-8-16-13(14,9-10)11-5-3-4-6-12(11)15-2/h3-6,10H,7-9H2,1-2H3. The Morgan fingerprint density at radius 1 is 1.44 bits per heavy atom. The Hall–Kier alpha value is -1.09. The molecule has 0 radical (unpaired) electrons. The fourth-order valence-electron chi connectivity index (χ4n) is 2.17. The van der Waals surface area contributed by atoms with Crippen LogP contribution < -0.4 is 4.74 Å². The lowest BCUT2D eigenvalue weighted by Gasteiger charge is -2.34. The lowest BCUT2D eigenvalue weighted by atomic mass is 9.91. The topological polar surface area (TPSA) is 18.5 Å². The van der Waals surface area contributed by atoms with E-state index >= 15 is 0 Å². The van der Waals surface area contributed by atoms with Crippen molar-refractivity contribution in [1.29, 1.82) is 0 Å². The summed E-state index contributed by atoms with van der Waals surface area (Å²) in [6.07, 6.45) is 1.31. The molecule has 2 rings (SSSR count). The Labute approximate surface area is 95.4 Å². The zero-order chi connectivity index (χ0) is 11.6. The summed E-state index contributed by atoms with van der Waals surface area (Å²) in [5.41, 5.74) is 0.504. The van der Waals surface area contributed by atoms with E-state index in [1.54, 1.807) is 19.2 Å². The molecule has 0 N–H and O–H groups in total. The highest BCUT2D eigenvalue weighted by Gasteiger charge is 2.40. The van der Waals surface area contributed by atoms with E-state index in [-0.39, 0.29) is 0 Å². The summed E-state index contributed by atoms with van der Waals surface area (Å²) in [5.74, 6) is -0.799. The summed E-state index contributed by atoms with van der Waals surface area (Å²) in [6.45, 7) is 2.52. The lowest BCUT2D eigenvalue weighted by molar-refractivity contribution is -0.191. The second-order valence-electron chi connectivity index (χ2n) is 4.38. The molecule has 0 spiro atoms. The number of hydrogen-bond donors (Lipinski definition) is 0. The number of benzene rings is 1. The summed E-state index contributed by atoms with van der Waals surface area (Å²) >= 11 is 0. The van der Waals surface area contributed by atoms with E-state index in [0.717, 1.165) is 6.42 Å². The van der Waals surface area contributed by atoms with Crippen LogP contribution in [0.3, 0.4) is 0 Å². The van der Waals surface area contributed by atoms with Gasteiger partial charge in [-0.2, -0.15) is 0 Å². The summed E-state index contributed by atoms with van der Waals surface area (Å²) in [5, 5.41) is 0. The minimum atomic E-state index is -1.69. The molecule has 0 aliphatic carbocycles. The molecule has 1 aliphatic rings. The Morgan fingerprint density at radius 3 is 2.88 bits per heavy atom. The Bertz CT molecular complexity index is 367. The van der Waals surface area contributed by atoms with Crippen LogP contribution in [0, 0.1) is 5.92 Å². The highest BCUT2D eigenvalue weighted by Crippen LogP contribution is 2.42. The molecule has 3 heteroatoms. The number of hydrogen-bond acceptors (Lipinski definition) is 2. The zero-order valence-electron chi connectivity index (χ0n) is 9.70. The van der Waals surface area contributed by atoms with Crippen molar-refractivity contribution in [3.05, 3.63) is 29.8 Å². The molecular weight excluding hydrogens is 207 g/mol. The maximum absolute atomic E-state index is 14.7. The lowest BCUT2D eigenvalue weighted by Crippen LogP contribution is -2.32. The van der Waals surface area contributed by atoms with Crippen LogP contribution in [-0.2, 0) is 10.6 Å². The maximum atomic E-state index is 14.7. The van der Waals surface area contributed by atoms with Crippen LogP contribution >= 0.6 is 0 Å². The third-order valence-corrected chi connectivity index (χ3v) is 3.06. The van der Waals surface area contributed by atoms with Crippen molar-refractivity contribution < 1.29 is 13.9 Å². The number of para-hydroxylation sites is 1. The van der Waals surface area contributed by atoms with Gasteiger partial charge < -0.3 is 9.47 Å². The highest BCUT2D eigenvalue weighted by atomic mass is 19.2. The van der Waals surface area contributed by atoms with Crippen molar-refractivity contribution in [3.8, 4) is 5.75 Å². The molecule has 1 fully saturated rings. The van der Waals surface area contributed by atoms with Crippen molar-refractivity contribution in [2.75, 3.05) is 13.7 Å². The van der Waals surface area contributed by atoms with E-state index in [4.69, 9.17) is 9.47 Å². The predicted octanol–water partition coefficient (Wildman–Crippen LogP) is 3.26. The summed E-state index contributed by atoms with van der Waals surface area (Å²) in [4.78, 5) is 0. The average molecular weight is 224 g/mol. The van der Waals surface area contributed by atoms with Gasteiger partial charge in [0.2, 0.25) is 5.85 Å². The van der Waals surface area contributed by atoms with Crippen LogP contribution in [0.5, 0.6) is 5.75 Å². The summed E-state index contributed by atoms with van der Waals surface area (Å²) in [7, 11) is 1.55.